The molecule has 0 saturated heterocycles. The van der Waals surface area contributed by atoms with Crippen molar-refractivity contribution in [3.63, 3.8) is 0 Å². The number of halogens is 1. The topological polar surface area (TPSA) is 0 Å². The largest absolute Gasteiger partial charge is 0.0835 e. The summed E-state index contributed by atoms with van der Waals surface area (Å²) in [6.07, 6.45) is 1.04. The molecule has 0 amide bonds. The summed E-state index contributed by atoms with van der Waals surface area (Å²) in [4.78, 5) is 0.382. The van der Waals surface area contributed by atoms with Gasteiger partial charge in [-0.25, -0.2) is 0 Å². The zero-order valence-electron chi connectivity index (χ0n) is 12.1. The van der Waals surface area contributed by atoms with Crippen LogP contribution in [0.5, 0.6) is 0 Å². The SMILES string of the molecule is Cc1ccc(C)c(CC(Br)c2ccc(C)c(C)c2)c1. The maximum Gasteiger partial charge on any atom is 0.0435 e. The van der Waals surface area contributed by atoms with Crippen LogP contribution in [0, 0.1) is 27.7 Å². The lowest BCUT2D eigenvalue weighted by Gasteiger charge is -2.14. The Bertz CT molecular complexity index is 584. The molecule has 0 saturated carbocycles. The van der Waals surface area contributed by atoms with Gasteiger partial charge in [0.05, 0.1) is 0 Å². The van der Waals surface area contributed by atoms with E-state index in [0.717, 1.165) is 6.42 Å². The van der Waals surface area contributed by atoms with Crippen LogP contribution in [0.4, 0.5) is 0 Å². The van der Waals surface area contributed by atoms with Gasteiger partial charge in [-0.05, 0) is 61.9 Å². The van der Waals surface area contributed by atoms with E-state index in [9.17, 15) is 0 Å². The smallest absolute Gasteiger partial charge is 0.0435 e. The van der Waals surface area contributed by atoms with E-state index in [0.29, 0.717) is 4.83 Å². The number of rotatable bonds is 3. The molecule has 19 heavy (non-hydrogen) atoms. The van der Waals surface area contributed by atoms with Gasteiger partial charge in [-0.15, -0.1) is 0 Å². The van der Waals surface area contributed by atoms with Gasteiger partial charge in [0.25, 0.3) is 0 Å². The van der Waals surface area contributed by atoms with Crippen molar-refractivity contribution in [3.8, 4) is 0 Å². The van der Waals surface area contributed by atoms with Gasteiger partial charge in [-0.2, -0.15) is 0 Å². The molecule has 1 atom stereocenters. The Balaban J connectivity index is 2.22. The fraction of sp³-hybridized carbons (Fsp3) is 0.333. The van der Waals surface area contributed by atoms with Gasteiger partial charge in [0.2, 0.25) is 0 Å². The van der Waals surface area contributed by atoms with Crippen molar-refractivity contribution in [2.75, 3.05) is 0 Å². The summed E-state index contributed by atoms with van der Waals surface area (Å²) in [5.74, 6) is 0. The summed E-state index contributed by atoms with van der Waals surface area (Å²) < 4.78 is 0. The minimum Gasteiger partial charge on any atom is -0.0835 e. The standard InChI is InChI=1S/C18H21Br/c1-12-5-6-14(3)17(9-12)11-18(19)16-8-7-13(2)15(4)10-16/h5-10,18H,11H2,1-4H3. The maximum absolute atomic E-state index is 3.84. The van der Waals surface area contributed by atoms with E-state index in [-0.39, 0.29) is 0 Å². The Hall–Kier alpha value is -1.08. The lowest BCUT2D eigenvalue weighted by molar-refractivity contribution is 0.933. The predicted molar refractivity (Wildman–Crippen MR) is 87.2 cm³/mol. The molecule has 0 aromatic heterocycles. The molecule has 2 aromatic carbocycles. The van der Waals surface area contributed by atoms with E-state index in [2.05, 4.69) is 80.0 Å². The third kappa shape index (κ3) is 3.48. The predicted octanol–water partition coefficient (Wildman–Crippen LogP) is 5.60. The molecule has 2 aromatic rings. The second kappa shape index (κ2) is 5.92. The first-order valence-corrected chi connectivity index (χ1v) is 7.66. The van der Waals surface area contributed by atoms with Gasteiger partial charge in [0.15, 0.2) is 0 Å². The van der Waals surface area contributed by atoms with Crippen LogP contribution in [0.15, 0.2) is 36.4 Å². The van der Waals surface area contributed by atoms with Gasteiger partial charge < -0.3 is 0 Å². The molecule has 0 spiro atoms. The monoisotopic (exact) mass is 316 g/mol. The summed E-state index contributed by atoms with van der Waals surface area (Å²) in [7, 11) is 0. The Kier molecular flexibility index (Phi) is 4.46. The first-order chi connectivity index (χ1) is 8.97. The number of hydrogen-bond donors (Lipinski definition) is 0. The van der Waals surface area contributed by atoms with Crippen LogP contribution in [-0.2, 0) is 6.42 Å². The molecule has 1 unspecified atom stereocenters. The molecule has 100 valence electrons. The van der Waals surface area contributed by atoms with Gasteiger partial charge in [-0.3, -0.25) is 0 Å². The zero-order valence-corrected chi connectivity index (χ0v) is 13.7. The zero-order chi connectivity index (χ0) is 14.0. The van der Waals surface area contributed by atoms with Crippen LogP contribution in [0.25, 0.3) is 0 Å². The quantitative estimate of drug-likeness (QED) is 0.647. The molecule has 0 aliphatic heterocycles. The number of alkyl halides is 1. The molecule has 0 radical (unpaired) electrons. The van der Waals surface area contributed by atoms with Gasteiger partial charge in [-0.1, -0.05) is 57.9 Å². The van der Waals surface area contributed by atoms with E-state index in [1.807, 2.05) is 0 Å². The van der Waals surface area contributed by atoms with Crippen molar-refractivity contribution in [1.82, 2.24) is 0 Å². The molecule has 0 fully saturated rings. The van der Waals surface area contributed by atoms with Crippen LogP contribution in [0.1, 0.15) is 38.2 Å². The van der Waals surface area contributed by atoms with Gasteiger partial charge >= 0.3 is 0 Å². The maximum atomic E-state index is 3.84. The second-order valence-electron chi connectivity index (χ2n) is 5.45. The molecular weight excluding hydrogens is 296 g/mol. The summed E-state index contributed by atoms with van der Waals surface area (Å²) in [5.41, 5.74) is 8.22. The first-order valence-electron chi connectivity index (χ1n) is 6.74. The first kappa shape index (κ1) is 14.3. The lowest BCUT2D eigenvalue weighted by atomic mass is 9.97. The van der Waals surface area contributed by atoms with Crippen molar-refractivity contribution < 1.29 is 0 Å². The van der Waals surface area contributed by atoms with Crippen LogP contribution in [0.2, 0.25) is 0 Å². The third-order valence-electron chi connectivity index (χ3n) is 3.80. The molecule has 0 aliphatic rings. The second-order valence-corrected chi connectivity index (χ2v) is 6.55. The highest BCUT2D eigenvalue weighted by atomic mass is 79.9. The Morgan fingerprint density at radius 2 is 1.53 bits per heavy atom. The molecule has 2 rings (SSSR count). The summed E-state index contributed by atoms with van der Waals surface area (Å²) >= 11 is 3.84. The van der Waals surface area contributed by atoms with Crippen molar-refractivity contribution in [1.29, 1.82) is 0 Å². The van der Waals surface area contributed by atoms with Crippen LogP contribution < -0.4 is 0 Å². The Morgan fingerprint density at radius 1 is 0.842 bits per heavy atom. The van der Waals surface area contributed by atoms with E-state index in [1.165, 1.54) is 33.4 Å². The average molecular weight is 317 g/mol. The van der Waals surface area contributed by atoms with Gasteiger partial charge in [0.1, 0.15) is 0 Å². The highest BCUT2D eigenvalue weighted by molar-refractivity contribution is 9.09. The Labute approximate surface area is 125 Å². The minimum atomic E-state index is 0.382. The van der Waals surface area contributed by atoms with Crippen LogP contribution in [0.3, 0.4) is 0 Å². The summed E-state index contributed by atoms with van der Waals surface area (Å²) in [6, 6.07) is 13.4. The fourth-order valence-electron chi connectivity index (χ4n) is 2.29. The summed E-state index contributed by atoms with van der Waals surface area (Å²) in [5, 5.41) is 0. The van der Waals surface area contributed by atoms with E-state index >= 15 is 0 Å². The van der Waals surface area contributed by atoms with Crippen LogP contribution >= 0.6 is 15.9 Å². The molecule has 0 heterocycles. The van der Waals surface area contributed by atoms with Crippen molar-refractivity contribution >= 4 is 15.9 Å². The fourth-order valence-corrected chi connectivity index (χ4v) is 2.92. The summed E-state index contributed by atoms with van der Waals surface area (Å²) in [6.45, 7) is 8.68. The number of benzene rings is 2. The highest BCUT2D eigenvalue weighted by Crippen LogP contribution is 2.29. The molecular formula is C18H21Br. The van der Waals surface area contributed by atoms with Crippen molar-refractivity contribution in [2.45, 2.75) is 38.9 Å². The number of aryl methyl sites for hydroxylation is 4. The van der Waals surface area contributed by atoms with Crippen molar-refractivity contribution in [2.24, 2.45) is 0 Å². The molecule has 0 bridgehead atoms. The third-order valence-corrected chi connectivity index (χ3v) is 4.65. The average Bonchev–Trinajstić information content (AvgIpc) is 2.37. The minimum absolute atomic E-state index is 0.382. The molecule has 1 heteroatoms. The van der Waals surface area contributed by atoms with E-state index < -0.39 is 0 Å². The molecule has 0 aliphatic carbocycles. The van der Waals surface area contributed by atoms with E-state index in [4.69, 9.17) is 0 Å². The van der Waals surface area contributed by atoms with E-state index in [1.54, 1.807) is 0 Å². The Morgan fingerprint density at radius 3 is 2.21 bits per heavy atom. The molecule has 0 nitrogen and oxygen atoms in total. The van der Waals surface area contributed by atoms with Gasteiger partial charge in [0, 0.05) is 4.83 Å². The lowest BCUT2D eigenvalue weighted by Crippen LogP contribution is -1.99. The molecule has 0 N–H and O–H groups in total. The highest BCUT2D eigenvalue weighted by Gasteiger charge is 2.11. The van der Waals surface area contributed by atoms with Crippen LogP contribution in [-0.4, -0.2) is 0 Å². The van der Waals surface area contributed by atoms with Crippen molar-refractivity contribution in [3.05, 3.63) is 69.8 Å². The normalized spacial score (nSPS) is 12.5. The number of hydrogen-bond acceptors (Lipinski definition) is 0.